The van der Waals surface area contributed by atoms with Crippen LogP contribution in [0.15, 0.2) is 30.1 Å². The Morgan fingerprint density at radius 1 is 0.912 bits per heavy atom. The predicted molar refractivity (Wildman–Crippen MR) is 117 cm³/mol. The fraction of sp³-hybridized carbons (Fsp3) is 0.417. The Balaban J connectivity index is 2.45. The van der Waals surface area contributed by atoms with Crippen LogP contribution in [0, 0.1) is 5.41 Å². The average molecular weight is 474 g/mol. The zero-order valence-corrected chi connectivity index (χ0v) is 19.8. The van der Waals surface area contributed by atoms with Crippen molar-refractivity contribution in [2.45, 2.75) is 25.2 Å². The minimum absolute atomic E-state index is 0.0985. The molecule has 0 saturated carbocycles. The highest BCUT2D eigenvalue weighted by molar-refractivity contribution is 6.06. The average Bonchev–Trinajstić information content (AvgIpc) is 2.83. The Morgan fingerprint density at radius 2 is 1.53 bits per heavy atom. The van der Waals surface area contributed by atoms with Crippen LogP contribution in [-0.4, -0.2) is 59.2 Å². The number of benzene rings is 1. The van der Waals surface area contributed by atoms with Gasteiger partial charge in [-0.05, 0) is 36.6 Å². The highest BCUT2D eigenvalue weighted by Crippen LogP contribution is 2.57. The number of rotatable bonds is 6. The van der Waals surface area contributed by atoms with Crippen LogP contribution < -0.4 is 14.2 Å². The van der Waals surface area contributed by atoms with E-state index in [1.165, 1.54) is 53.8 Å². The van der Waals surface area contributed by atoms with E-state index in [2.05, 4.69) is 0 Å². The summed E-state index contributed by atoms with van der Waals surface area (Å²) >= 11 is 0. The van der Waals surface area contributed by atoms with Crippen molar-refractivity contribution in [1.82, 2.24) is 0 Å². The second-order valence-electron chi connectivity index (χ2n) is 7.94. The Labute approximate surface area is 196 Å². The molecule has 182 valence electrons. The quantitative estimate of drug-likeness (QED) is 0.343. The van der Waals surface area contributed by atoms with Crippen molar-refractivity contribution in [3.05, 3.63) is 41.2 Å². The molecular formula is C24H26O10. The molecule has 0 fully saturated rings. The first kappa shape index (κ1) is 24.8. The number of allylic oxidation sites excluding steroid dienone is 3. The monoisotopic (exact) mass is 474 g/mol. The lowest BCUT2D eigenvalue weighted by molar-refractivity contribution is -0.171. The summed E-state index contributed by atoms with van der Waals surface area (Å²) in [6.45, 7) is 1.16. The first-order chi connectivity index (χ1) is 16.1. The third-order valence-corrected chi connectivity index (χ3v) is 6.03. The first-order valence-electron chi connectivity index (χ1n) is 10.3. The normalized spacial score (nSPS) is 20.1. The van der Waals surface area contributed by atoms with Gasteiger partial charge in [-0.2, -0.15) is 0 Å². The van der Waals surface area contributed by atoms with Crippen molar-refractivity contribution in [1.29, 1.82) is 0 Å². The Morgan fingerprint density at radius 3 is 2.03 bits per heavy atom. The number of ether oxygens (including phenoxy) is 6. The third kappa shape index (κ3) is 3.78. The van der Waals surface area contributed by atoms with Gasteiger partial charge < -0.3 is 28.4 Å². The fourth-order valence-electron chi connectivity index (χ4n) is 4.75. The van der Waals surface area contributed by atoms with Crippen molar-refractivity contribution >= 4 is 23.7 Å². The molecular weight excluding hydrogens is 448 g/mol. The molecule has 3 rings (SSSR count). The Bertz CT molecular complexity index is 1100. The molecule has 0 N–H and O–H groups in total. The van der Waals surface area contributed by atoms with Gasteiger partial charge in [-0.25, -0.2) is 0 Å². The lowest BCUT2D eigenvalue weighted by atomic mass is 9.58. The summed E-state index contributed by atoms with van der Waals surface area (Å²) in [5.74, 6) is -2.27. The summed E-state index contributed by atoms with van der Waals surface area (Å²) in [6.07, 6.45) is 3.88. The Hall–Kier alpha value is -3.82. The summed E-state index contributed by atoms with van der Waals surface area (Å²) in [4.78, 5) is 50.3. The molecule has 1 atom stereocenters. The summed E-state index contributed by atoms with van der Waals surface area (Å²) in [6, 6.07) is 1.63. The summed E-state index contributed by atoms with van der Waals surface area (Å²) in [5.41, 5.74) is -2.07. The van der Waals surface area contributed by atoms with Crippen molar-refractivity contribution in [3.63, 3.8) is 0 Å². The topological polar surface area (TPSA) is 124 Å². The lowest BCUT2D eigenvalue weighted by Gasteiger charge is -2.44. The smallest absolute Gasteiger partial charge is 0.323 e. The van der Waals surface area contributed by atoms with E-state index in [-0.39, 0.29) is 30.1 Å². The van der Waals surface area contributed by atoms with Crippen LogP contribution in [0.5, 0.6) is 17.2 Å². The minimum atomic E-state index is -1.77. The molecule has 0 heterocycles. The van der Waals surface area contributed by atoms with Crippen molar-refractivity contribution in [2.75, 3.05) is 35.5 Å². The van der Waals surface area contributed by atoms with Gasteiger partial charge >= 0.3 is 17.9 Å². The van der Waals surface area contributed by atoms with E-state index < -0.39 is 34.5 Å². The molecule has 1 aromatic carbocycles. The van der Waals surface area contributed by atoms with E-state index in [0.29, 0.717) is 16.9 Å². The number of ketones is 1. The van der Waals surface area contributed by atoms with Gasteiger partial charge in [0.05, 0.1) is 35.5 Å². The van der Waals surface area contributed by atoms with Gasteiger partial charge in [-0.1, -0.05) is 6.08 Å². The van der Waals surface area contributed by atoms with Crippen LogP contribution in [0.1, 0.15) is 24.5 Å². The van der Waals surface area contributed by atoms with Crippen LogP contribution in [-0.2, 0) is 45.2 Å². The van der Waals surface area contributed by atoms with Crippen molar-refractivity contribution < 1.29 is 47.6 Å². The zero-order chi connectivity index (χ0) is 25.3. The van der Waals surface area contributed by atoms with Gasteiger partial charge in [0, 0.05) is 17.9 Å². The van der Waals surface area contributed by atoms with E-state index in [0.717, 1.165) is 6.92 Å². The van der Waals surface area contributed by atoms with Crippen molar-refractivity contribution in [3.8, 4) is 17.2 Å². The standard InChI is InChI=1S/C24H26O10/c1-13(25)34-17-11-23(8-7-15(17)26)12-24(21(27)32-5,22(28)33-6)10-14-9-16(29-2)19(30-3)20(31-4)18(14)23/h7-9,11H,10,12H2,1-6H3. The Kier molecular flexibility index (Phi) is 6.72. The maximum atomic E-state index is 13.1. The zero-order valence-electron chi connectivity index (χ0n) is 19.8. The predicted octanol–water partition coefficient (Wildman–Crippen LogP) is 1.81. The molecule has 34 heavy (non-hydrogen) atoms. The fourth-order valence-corrected chi connectivity index (χ4v) is 4.75. The molecule has 0 aromatic heterocycles. The second kappa shape index (κ2) is 9.20. The molecule has 1 spiro atoms. The third-order valence-electron chi connectivity index (χ3n) is 6.03. The summed E-state index contributed by atoms with van der Waals surface area (Å²) in [7, 11) is 6.65. The van der Waals surface area contributed by atoms with E-state index >= 15 is 0 Å². The van der Waals surface area contributed by atoms with Gasteiger partial charge in [0.25, 0.3) is 0 Å². The van der Waals surface area contributed by atoms with Crippen LogP contribution in [0.3, 0.4) is 0 Å². The molecule has 0 radical (unpaired) electrons. The number of hydrogen-bond acceptors (Lipinski definition) is 10. The van der Waals surface area contributed by atoms with Gasteiger partial charge in [-0.15, -0.1) is 0 Å². The number of carbonyl (C=O) groups excluding carboxylic acids is 4. The number of methoxy groups -OCH3 is 5. The molecule has 2 aliphatic carbocycles. The largest absolute Gasteiger partial charge is 0.493 e. The number of fused-ring (bicyclic) bond motifs is 2. The molecule has 10 nitrogen and oxygen atoms in total. The van der Waals surface area contributed by atoms with E-state index in [4.69, 9.17) is 28.4 Å². The highest BCUT2D eigenvalue weighted by atomic mass is 16.6. The van der Waals surface area contributed by atoms with Crippen LogP contribution >= 0.6 is 0 Å². The van der Waals surface area contributed by atoms with E-state index in [1.54, 1.807) is 6.07 Å². The SMILES string of the molecule is COC(=O)C1(C(=O)OC)Cc2cc(OC)c(OC)c(OC)c2C2(C=CC(=O)C(OC(C)=O)=C2)C1. The molecule has 1 aromatic rings. The van der Waals surface area contributed by atoms with Gasteiger partial charge in [0.15, 0.2) is 22.7 Å². The number of esters is 3. The van der Waals surface area contributed by atoms with E-state index in [1.807, 2.05) is 0 Å². The molecule has 0 saturated heterocycles. The highest BCUT2D eigenvalue weighted by Gasteiger charge is 2.59. The lowest BCUT2D eigenvalue weighted by Crippen LogP contribution is -2.51. The minimum Gasteiger partial charge on any atom is -0.493 e. The number of carbonyl (C=O) groups is 4. The van der Waals surface area contributed by atoms with Gasteiger partial charge in [0.2, 0.25) is 11.5 Å². The molecule has 1 unspecified atom stereocenters. The van der Waals surface area contributed by atoms with E-state index in [9.17, 15) is 19.2 Å². The van der Waals surface area contributed by atoms with Gasteiger partial charge in [-0.3, -0.25) is 19.2 Å². The van der Waals surface area contributed by atoms with Crippen molar-refractivity contribution in [2.24, 2.45) is 5.41 Å². The maximum absolute atomic E-state index is 13.1. The molecule has 10 heteroatoms. The van der Waals surface area contributed by atoms with Crippen LogP contribution in [0.25, 0.3) is 0 Å². The second-order valence-corrected chi connectivity index (χ2v) is 7.94. The molecule has 0 aliphatic heterocycles. The summed E-state index contributed by atoms with van der Waals surface area (Å²) < 4.78 is 31.9. The summed E-state index contributed by atoms with van der Waals surface area (Å²) in [5, 5.41) is 0. The number of hydrogen-bond donors (Lipinski definition) is 0. The van der Waals surface area contributed by atoms with Crippen LogP contribution in [0.2, 0.25) is 0 Å². The van der Waals surface area contributed by atoms with Crippen LogP contribution in [0.4, 0.5) is 0 Å². The molecule has 0 amide bonds. The van der Waals surface area contributed by atoms with Gasteiger partial charge in [0.1, 0.15) is 0 Å². The molecule has 2 aliphatic rings. The maximum Gasteiger partial charge on any atom is 0.323 e. The molecule has 0 bridgehead atoms. The first-order valence-corrected chi connectivity index (χ1v) is 10.3.